The third-order valence-electron chi connectivity index (χ3n) is 3.04. The lowest BCUT2D eigenvalue weighted by Gasteiger charge is -2.04. The number of aromatic hydroxyl groups is 1. The summed E-state index contributed by atoms with van der Waals surface area (Å²) in [7, 11) is 0. The number of nitrogens with one attached hydrogen (secondary N) is 2. The van der Waals surface area contributed by atoms with Crippen LogP contribution in [0.4, 0.5) is 11.4 Å². The van der Waals surface area contributed by atoms with Gasteiger partial charge in [-0.2, -0.15) is 0 Å². The second-order valence-corrected chi connectivity index (χ2v) is 4.78. The van der Waals surface area contributed by atoms with Gasteiger partial charge in [0.1, 0.15) is 5.75 Å². The number of rotatable bonds is 2. The first-order valence-corrected chi connectivity index (χ1v) is 6.39. The Hall–Kier alpha value is -2.46. The van der Waals surface area contributed by atoms with Gasteiger partial charge in [0.25, 0.3) is 5.91 Å². The quantitative estimate of drug-likeness (QED) is 0.585. The Labute approximate surface area is 120 Å². The van der Waals surface area contributed by atoms with Crippen molar-refractivity contribution in [2.75, 3.05) is 10.6 Å². The largest absolute Gasteiger partial charge is 0.506 e. The third kappa shape index (κ3) is 2.21. The molecule has 0 saturated heterocycles. The van der Waals surface area contributed by atoms with Gasteiger partial charge in [0.2, 0.25) is 0 Å². The van der Waals surface area contributed by atoms with Crippen molar-refractivity contribution < 1.29 is 9.90 Å². The summed E-state index contributed by atoms with van der Waals surface area (Å²) in [6.45, 7) is 0. The average molecular weight is 287 g/mol. The van der Waals surface area contributed by atoms with Gasteiger partial charge in [0.05, 0.1) is 10.6 Å². The van der Waals surface area contributed by atoms with Gasteiger partial charge in [-0.1, -0.05) is 29.8 Å². The maximum Gasteiger partial charge on any atom is 0.257 e. The van der Waals surface area contributed by atoms with E-state index < -0.39 is 0 Å². The van der Waals surface area contributed by atoms with E-state index in [-0.39, 0.29) is 16.7 Å². The van der Waals surface area contributed by atoms with Crippen molar-refractivity contribution in [2.24, 2.45) is 0 Å². The second-order valence-electron chi connectivity index (χ2n) is 4.37. The van der Waals surface area contributed by atoms with Crippen molar-refractivity contribution in [3.8, 4) is 5.75 Å². The van der Waals surface area contributed by atoms with Crippen LogP contribution in [0.3, 0.4) is 0 Å². The van der Waals surface area contributed by atoms with Crippen molar-refractivity contribution in [3.63, 3.8) is 0 Å². The number of phenolic OH excluding ortho intramolecular Hbond substituents is 1. The number of amides is 1. The van der Waals surface area contributed by atoms with Gasteiger partial charge in [0, 0.05) is 23.1 Å². The third-order valence-corrected chi connectivity index (χ3v) is 3.34. The maximum absolute atomic E-state index is 11.9. The van der Waals surface area contributed by atoms with Gasteiger partial charge in [0.15, 0.2) is 0 Å². The smallest absolute Gasteiger partial charge is 0.257 e. The van der Waals surface area contributed by atoms with Crippen LogP contribution in [0.5, 0.6) is 5.75 Å². The summed E-state index contributed by atoms with van der Waals surface area (Å²) >= 11 is 5.83. The molecule has 4 nitrogen and oxygen atoms in total. The minimum Gasteiger partial charge on any atom is -0.506 e. The van der Waals surface area contributed by atoms with E-state index in [9.17, 15) is 9.90 Å². The van der Waals surface area contributed by atoms with Crippen molar-refractivity contribution in [2.45, 2.75) is 0 Å². The van der Waals surface area contributed by atoms with Crippen LogP contribution in [0, 0.1) is 0 Å². The van der Waals surface area contributed by atoms with Gasteiger partial charge in [-0.3, -0.25) is 4.79 Å². The molecule has 3 rings (SSSR count). The van der Waals surface area contributed by atoms with Crippen LogP contribution in [-0.4, -0.2) is 11.0 Å². The van der Waals surface area contributed by atoms with E-state index in [4.69, 9.17) is 11.6 Å². The summed E-state index contributed by atoms with van der Waals surface area (Å²) in [6.07, 6.45) is 1.63. The van der Waals surface area contributed by atoms with Crippen molar-refractivity contribution >= 4 is 34.5 Å². The number of para-hydroxylation sites is 1. The molecule has 5 heteroatoms. The lowest BCUT2D eigenvalue weighted by molar-refractivity contribution is -0.110. The van der Waals surface area contributed by atoms with E-state index in [1.54, 1.807) is 18.3 Å². The standard InChI is InChI=1S/C15H11ClN2O2/c16-12-7-9(5-6-14(12)19)17-8-11-10-3-1-2-4-13(10)18-15(11)20/h1-8,17,19H,(H,18,20)/b11-8+. The lowest BCUT2D eigenvalue weighted by atomic mass is 10.1. The molecule has 1 heterocycles. The van der Waals surface area contributed by atoms with E-state index in [0.717, 1.165) is 11.3 Å². The highest BCUT2D eigenvalue weighted by Gasteiger charge is 2.23. The molecule has 100 valence electrons. The van der Waals surface area contributed by atoms with Gasteiger partial charge >= 0.3 is 0 Å². The Morgan fingerprint density at radius 3 is 2.80 bits per heavy atom. The molecule has 3 N–H and O–H groups in total. The van der Waals surface area contributed by atoms with Crippen molar-refractivity contribution in [3.05, 3.63) is 59.3 Å². The molecule has 2 aromatic rings. The van der Waals surface area contributed by atoms with E-state index in [0.29, 0.717) is 11.3 Å². The summed E-state index contributed by atoms with van der Waals surface area (Å²) < 4.78 is 0. The molecule has 1 aliphatic rings. The molecule has 0 aliphatic carbocycles. The molecular formula is C15H11ClN2O2. The fourth-order valence-electron chi connectivity index (χ4n) is 2.03. The van der Waals surface area contributed by atoms with Gasteiger partial charge < -0.3 is 15.7 Å². The summed E-state index contributed by atoms with van der Waals surface area (Å²) in [4.78, 5) is 11.9. The Balaban J connectivity index is 1.89. The zero-order valence-electron chi connectivity index (χ0n) is 10.4. The monoisotopic (exact) mass is 286 g/mol. The molecule has 0 spiro atoms. The van der Waals surface area contributed by atoms with Crippen LogP contribution < -0.4 is 10.6 Å². The second kappa shape index (κ2) is 4.90. The number of carbonyl (C=O) groups excluding carboxylic acids is 1. The number of hydrogen-bond donors (Lipinski definition) is 3. The normalized spacial score (nSPS) is 15.1. The Kier molecular flexibility index (Phi) is 3.08. The number of carbonyl (C=O) groups is 1. The average Bonchev–Trinajstić information content (AvgIpc) is 2.76. The number of halogens is 1. The first-order chi connectivity index (χ1) is 9.65. The van der Waals surface area contributed by atoms with Crippen LogP contribution in [-0.2, 0) is 4.79 Å². The Bertz CT molecular complexity index is 726. The molecule has 0 bridgehead atoms. The molecule has 1 aliphatic heterocycles. The van der Waals surface area contributed by atoms with Crippen LogP contribution in [0.1, 0.15) is 5.56 Å². The molecule has 1 amide bonds. The fourth-order valence-corrected chi connectivity index (χ4v) is 2.21. The maximum atomic E-state index is 11.9. The molecule has 0 atom stereocenters. The SMILES string of the molecule is O=C1Nc2ccccc2/C1=C\Nc1ccc(O)c(Cl)c1. The number of anilines is 2. The van der Waals surface area contributed by atoms with Crippen LogP contribution in [0.25, 0.3) is 5.57 Å². The highest BCUT2D eigenvalue weighted by atomic mass is 35.5. The van der Waals surface area contributed by atoms with Crippen LogP contribution in [0.15, 0.2) is 48.7 Å². The molecule has 0 saturated carbocycles. The minimum atomic E-state index is -0.149. The number of hydrogen-bond acceptors (Lipinski definition) is 3. The lowest BCUT2D eigenvalue weighted by Crippen LogP contribution is -2.05. The van der Waals surface area contributed by atoms with E-state index in [1.807, 2.05) is 24.3 Å². The molecule has 2 aromatic carbocycles. The first-order valence-electron chi connectivity index (χ1n) is 6.01. The molecular weight excluding hydrogens is 276 g/mol. The highest BCUT2D eigenvalue weighted by molar-refractivity contribution is 6.32. The highest BCUT2D eigenvalue weighted by Crippen LogP contribution is 2.31. The minimum absolute atomic E-state index is 0.0221. The molecule has 0 aromatic heterocycles. The summed E-state index contributed by atoms with van der Waals surface area (Å²) in [5, 5.41) is 15.4. The summed E-state index contributed by atoms with van der Waals surface area (Å²) in [5.74, 6) is -0.127. The number of fused-ring (bicyclic) bond motifs is 1. The predicted octanol–water partition coefficient (Wildman–Crippen LogP) is 3.45. The summed E-state index contributed by atoms with van der Waals surface area (Å²) in [5.41, 5.74) is 2.91. The van der Waals surface area contributed by atoms with Gasteiger partial charge in [-0.15, -0.1) is 0 Å². The number of benzene rings is 2. The Morgan fingerprint density at radius 1 is 1.20 bits per heavy atom. The van der Waals surface area contributed by atoms with E-state index in [2.05, 4.69) is 10.6 Å². The van der Waals surface area contributed by atoms with Crippen LogP contribution >= 0.6 is 11.6 Å². The van der Waals surface area contributed by atoms with Gasteiger partial charge in [-0.05, 0) is 24.3 Å². The topological polar surface area (TPSA) is 61.4 Å². The predicted molar refractivity (Wildman–Crippen MR) is 79.8 cm³/mol. The molecule has 0 unspecified atom stereocenters. The molecule has 20 heavy (non-hydrogen) atoms. The number of phenols is 1. The van der Waals surface area contributed by atoms with Crippen molar-refractivity contribution in [1.82, 2.24) is 0 Å². The Morgan fingerprint density at radius 2 is 2.00 bits per heavy atom. The first kappa shape index (κ1) is 12.6. The van der Waals surface area contributed by atoms with E-state index >= 15 is 0 Å². The zero-order chi connectivity index (χ0) is 14.1. The molecule has 0 fully saturated rings. The van der Waals surface area contributed by atoms with E-state index in [1.165, 1.54) is 6.07 Å². The van der Waals surface area contributed by atoms with Crippen molar-refractivity contribution in [1.29, 1.82) is 0 Å². The zero-order valence-corrected chi connectivity index (χ0v) is 11.1. The van der Waals surface area contributed by atoms with Crippen LogP contribution in [0.2, 0.25) is 5.02 Å². The fraction of sp³-hybridized carbons (Fsp3) is 0. The van der Waals surface area contributed by atoms with Gasteiger partial charge in [-0.25, -0.2) is 0 Å². The summed E-state index contributed by atoms with van der Waals surface area (Å²) in [6, 6.07) is 12.2. The molecule has 0 radical (unpaired) electrons.